The highest BCUT2D eigenvalue weighted by atomic mass is 35.5. The molecule has 2 nitrogen and oxygen atoms in total. The SMILES string of the molecule is CCCN(CCNC)CC(C)=CCl. The minimum atomic E-state index is 0.985. The Balaban J connectivity index is 3.79. The zero-order valence-electron chi connectivity index (χ0n) is 8.94. The molecule has 0 atom stereocenters. The molecular formula is C10H21ClN2. The van der Waals surface area contributed by atoms with Crippen LogP contribution in [0.5, 0.6) is 0 Å². The van der Waals surface area contributed by atoms with E-state index in [-0.39, 0.29) is 0 Å². The van der Waals surface area contributed by atoms with Gasteiger partial charge in [0.2, 0.25) is 0 Å². The molecule has 0 aromatic rings. The van der Waals surface area contributed by atoms with Gasteiger partial charge in [0.25, 0.3) is 0 Å². The van der Waals surface area contributed by atoms with Crippen molar-refractivity contribution in [3.05, 3.63) is 11.1 Å². The maximum atomic E-state index is 5.63. The Hall–Kier alpha value is -0.0500. The standard InChI is InChI=1S/C10H21ClN2/c1-4-6-13(7-5-12-3)9-10(2)8-11/h8,12H,4-7,9H2,1-3H3. The molecule has 0 saturated carbocycles. The van der Waals surface area contributed by atoms with Crippen LogP contribution in [0.3, 0.4) is 0 Å². The van der Waals surface area contributed by atoms with Crippen LogP contribution in [0.15, 0.2) is 11.1 Å². The first kappa shape index (κ1) is 12.9. The summed E-state index contributed by atoms with van der Waals surface area (Å²) in [4.78, 5) is 2.41. The lowest BCUT2D eigenvalue weighted by Crippen LogP contribution is -2.32. The van der Waals surface area contributed by atoms with E-state index in [1.54, 1.807) is 5.54 Å². The molecule has 78 valence electrons. The van der Waals surface area contributed by atoms with Crippen LogP contribution in [0, 0.1) is 0 Å². The van der Waals surface area contributed by atoms with Crippen molar-refractivity contribution in [3.8, 4) is 0 Å². The molecular weight excluding hydrogens is 184 g/mol. The quantitative estimate of drug-likeness (QED) is 0.683. The third kappa shape index (κ3) is 7.05. The Morgan fingerprint density at radius 3 is 2.62 bits per heavy atom. The van der Waals surface area contributed by atoms with E-state index in [0.29, 0.717) is 0 Å². The molecule has 0 aliphatic carbocycles. The van der Waals surface area contributed by atoms with E-state index in [0.717, 1.165) is 26.2 Å². The van der Waals surface area contributed by atoms with Gasteiger partial charge in [-0.25, -0.2) is 0 Å². The summed E-state index contributed by atoms with van der Waals surface area (Å²) in [6.45, 7) is 8.52. The number of hydrogen-bond donors (Lipinski definition) is 1. The average molecular weight is 205 g/mol. The smallest absolute Gasteiger partial charge is 0.0202 e. The molecule has 3 heteroatoms. The van der Waals surface area contributed by atoms with E-state index in [1.165, 1.54) is 12.0 Å². The van der Waals surface area contributed by atoms with Crippen LogP contribution in [0.1, 0.15) is 20.3 Å². The number of hydrogen-bond acceptors (Lipinski definition) is 2. The molecule has 0 spiro atoms. The van der Waals surface area contributed by atoms with Crippen LogP contribution < -0.4 is 5.32 Å². The number of nitrogens with zero attached hydrogens (tertiary/aromatic N) is 1. The first-order valence-electron chi connectivity index (χ1n) is 4.87. The normalized spacial score (nSPS) is 12.5. The minimum absolute atomic E-state index is 0.985. The van der Waals surface area contributed by atoms with E-state index in [2.05, 4.69) is 24.1 Å². The molecule has 0 radical (unpaired) electrons. The third-order valence-electron chi connectivity index (χ3n) is 1.88. The van der Waals surface area contributed by atoms with Gasteiger partial charge in [0.15, 0.2) is 0 Å². The van der Waals surface area contributed by atoms with E-state index in [4.69, 9.17) is 11.6 Å². The molecule has 0 unspecified atom stereocenters. The lowest BCUT2D eigenvalue weighted by atomic mass is 10.3. The molecule has 0 heterocycles. The van der Waals surface area contributed by atoms with Crippen molar-refractivity contribution in [2.24, 2.45) is 0 Å². The summed E-state index contributed by atoms with van der Waals surface area (Å²) >= 11 is 5.63. The fourth-order valence-electron chi connectivity index (χ4n) is 1.24. The monoisotopic (exact) mass is 204 g/mol. The predicted molar refractivity (Wildman–Crippen MR) is 60.3 cm³/mol. The van der Waals surface area contributed by atoms with Gasteiger partial charge in [0.1, 0.15) is 0 Å². The summed E-state index contributed by atoms with van der Waals surface area (Å²) in [5.41, 5.74) is 2.90. The van der Waals surface area contributed by atoms with Crippen molar-refractivity contribution in [1.29, 1.82) is 0 Å². The van der Waals surface area contributed by atoms with Gasteiger partial charge in [0, 0.05) is 25.2 Å². The lowest BCUT2D eigenvalue weighted by Gasteiger charge is -2.21. The summed E-state index contributed by atoms with van der Waals surface area (Å²) < 4.78 is 0. The average Bonchev–Trinajstić information content (AvgIpc) is 2.14. The van der Waals surface area contributed by atoms with Crippen LogP contribution in [-0.4, -0.2) is 38.1 Å². The number of nitrogens with one attached hydrogen (secondary N) is 1. The van der Waals surface area contributed by atoms with Crippen molar-refractivity contribution >= 4 is 11.6 Å². The summed E-state index contributed by atoms with van der Waals surface area (Å²) in [7, 11) is 1.98. The van der Waals surface area contributed by atoms with Crippen molar-refractivity contribution in [1.82, 2.24) is 10.2 Å². The van der Waals surface area contributed by atoms with E-state index < -0.39 is 0 Å². The molecule has 0 amide bonds. The Kier molecular flexibility index (Phi) is 8.51. The summed E-state index contributed by atoms with van der Waals surface area (Å²) in [6.07, 6.45) is 1.19. The Labute approximate surface area is 86.9 Å². The number of likely N-dealkylation sites (N-methyl/N-ethyl adjacent to an activating group) is 1. The van der Waals surface area contributed by atoms with Gasteiger partial charge in [-0.15, -0.1) is 0 Å². The van der Waals surface area contributed by atoms with Crippen LogP contribution in [0.4, 0.5) is 0 Å². The maximum absolute atomic E-state index is 5.63. The van der Waals surface area contributed by atoms with Crippen molar-refractivity contribution < 1.29 is 0 Å². The fourth-order valence-corrected chi connectivity index (χ4v) is 1.31. The molecule has 0 aliphatic heterocycles. The fraction of sp³-hybridized carbons (Fsp3) is 0.800. The van der Waals surface area contributed by atoms with Crippen LogP contribution in [0.2, 0.25) is 0 Å². The highest BCUT2D eigenvalue weighted by Gasteiger charge is 2.02. The first-order valence-corrected chi connectivity index (χ1v) is 5.31. The second kappa shape index (κ2) is 8.54. The Morgan fingerprint density at radius 2 is 2.15 bits per heavy atom. The Morgan fingerprint density at radius 1 is 1.46 bits per heavy atom. The lowest BCUT2D eigenvalue weighted by molar-refractivity contribution is 0.298. The first-order chi connectivity index (χ1) is 6.24. The van der Waals surface area contributed by atoms with Crippen molar-refractivity contribution in [3.63, 3.8) is 0 Å². The minimum Gasteiger partial charge on any atom is -0.318 e. The van der Waals surface area contributed by atoms with Gasteiger partial charge in [-0.3, -0.25) is 4.90 Å². The summed E-state index contributed by atoms with van der Waals surface area (Å²) in [5.74, 6) is 0. The molecule has 0 fully saturated rings. The second-order valence-corrected chi connectivity index (χ2v) is 3.55. The molecule has 0 aromatic heterocycles. The number of halogens is 1. The van der Waals surface area contributed by atoms with E-state index in [1.807, 2.05) is 7.05 Å². The summed E-state index contributed by atoms with van der Waals surface area (Å²) in [5, 5.41) is 3.15. The van der Waals surface area contributed by atoms with Crippen LogP contribution in [-0.2, 0) is 0 Å². The third-order valence-corrected chi connectivity index (χ3v) is 2.25. The van der Waals surface area contributed by atoms with Crippen molar-refractivity contribution in [2.75, 3.05) is 33.2 Å². The zero-order chi connectivity index (χ0) is 10.1. The van der Waals surface area contributed by atoms with Crippen LogP contribution in [0.25, 0.3) is 0 Å². The van der Waals surface area contributed by atoms with Gasteiger partial charge < -0.3 is 5.32 Å². The predicted octanol–water partition coefficient (Wildman–Crippen LogP) is 2.06. The number of rotatable bonds is 7. The highest BCUT2D eigenvalue weighted by molar-refractivity contribution is 6.25. The second-order valence-electron chi connectivity index (χ2n) is 3.34. The molecule has 13 heavy (non-hydrogen) atoms. The molecule has 1 N–H and O–H groups in total. The highest BCUT2D eigenvalue weighted by Crippen LogP contribution is 2.00. The molecule has 0 saturated heterocycles. The zero-order valence-corrected chi connectivity index (χ0v) is 9.69. The van der Waals surface area contributed by atoms with Gasteiger partial charge in [0.05, 0.1) is 0 Å². The van der Waals surface area contributed by atoms with Gasteiger partial charge in [-0.2, -0.15) is 0 Å². The summed E-state index contributed by atoms with van der Waals surface area (Å²) in [6, 6.07) is 0. The maximum Gasteiger partial charge on any atom is 0.0202 e. The molecule has 0 bridgehead atoms. The molecule has 0 aromatic carbocycles. The van der Waals surface area contributed by atoms with Gasteiger partial charge >= 0.3 is 0 Å². The molecule has 0 rings (SSSR count). The van der Waals surface area contributed by atoms with Gasteiger partial charge in [-0.05, 0) is 32.5 Å². The van der Waals surface area contributed by atoms with E-state index in [9.17, 15) is 0 Å². The van der Waals surface area contributed by atoms with Gasteiger partial charge in [-0.1, -0.05) is 18.5 Å². The van der Waals surface area contributed by atoms with Crippen LogP contribution >= 0.6 is 11.6 Å². The molecule has 0 aliphatic rings. The Bertz CT molecular complexity index is 146. The topological polar surface area (TPSA) is 15.3 Å². The van der Waals surface area contributed by atoms with Crippen molar-refractivity contribution in [2.45, 2.75) is 20.3 Å². The largest absolute Gasteiger partial charge is 0.318 e. The van der Waals surface area contributed by atoms with E-state index >= 15 is 0 Å².